The topological polar surface area (TPSA) is 131 Å². The number of hydrogen-bond acceptors (Lipinski definition) is 6. The highest BCUT2D eigenvalue weighted by atomic mass is 35.5. The van der Waals surface area contributed by atoms with Crippen LogP contribution in [-0.4, -0.2) is 56.4 Å². The number of amides is 2. The van der Waals surface area contributed by atoms with E-state index in [1.807, 2.05) is 13.8 Å². The number of rotatable bonds is 7. The summed E-state index contributed by atoms with van der Waals surface area (Å²) < 4.78 is 32.8. The van der Waals surface area contributed by atoms with Crippen LogP contribution in [0.5, 0.6) is 0 Å². The zero-order valence-corrected chi connectivity index (χ0v) is 19.2. The molecule has 1 saturated heterocycles. The normalized spacial score (nSPS) is 19.3. The Kier molecular flexibility index (Phi) is 7.40. The van der Waals surface area contributed by atoms with Crippen molar-refractivity contribution in [2.75, 3.05) is 30.3 Å². The zero-order valence-electron chi connectivity index (χ0n) is 17.7. The molecule has 172 valence electrons. The van der Waals surface area contributed by atoms with Crippen molar-refractivity contribution in [3.05, 3.63) is 53.1 Å². The number of anilines is 2. The highest BCUT2D eigenvalue weighted by molar-refractivity contribution is 7.89. The van der Waals surface area contributed by atoms with Gasteiger partial charge in [0.05, 0.1) is 29.2 Å². The largest absolute Gasteiger partial charge is 0.375 e. The van der Waals surface area contributed by atoms with Gasteiger partial charge in [-0.25, -0.2) is 8.42 Å². The first-order chi connectivity index (χ1) is 15.1. The lowest BCUT2D eigenvalue weighted by molar-refractivity contribution is -0.114. The van der Waals surface area contributed by atoms with Crippen LogP contribution >= 0.6 is 11.6 Å². The number of morpholine rings is 1. The van der Waals surface area contributed by atoms with Gasteiger partial charge in [-0.05, 0) is 56.3 Å². The van der Waals surface area contributed by atoms with Gasteiger partial charge in [-0.2, -0.15) is 4.31 Å². The van der Waals surface area contributed by atoms with Crippen molar-refractivity contribution in [3.63, 3.8) is 0 Å². The number of carbonyl (C=O) groups is 2. The molecular formula is C21H25ClN4O5S. The van der Waals surface area contributed by atoms with Crippen LogP contribution in [0.15, 0.2) is 47.4 Å². The smallest absolute Gasteiger partial charge is 0.250 e. The first kappa shape index (κ1) is 24.0. The molecule has 1 aliphatic heterocycles. The molecule has 0 spiro atoms. The fourth-order valence-corrected chi connectivity index (χ4v) is 5.20. The van der Waals surface area contributed by atoms with Crippen molar-refractivity contribution in [1.82, 2.24) is 4.31 Å². The summed E-state index contributed by atoms with van der Waals surface area (Å²) in [4.78, 5) is 24.0. The number of primary amides is 1. The molecule has 0 aliphatic carbocycles. The third-order valence-corrected chi connectivity index (χ3v) is 6.93. The van der Waals surface area contributed by atoms with Gasteiger partial charge in [0.1, 0.15) is 0 Å². The molecule has 32 heavy (non-hydrogen) atoms. The quantitative estimate of drug-likeness (QED) is 0.557. The summed E-state index contributed by atoms with van der Waals surface area (Å²) >= 11 is 5.87. The van der Waals surface area contributed by atoms with Crippen LogP contribution < -0.4 is 16.4 Å². The molecule has 3 rings (SSSR count). The van der Waals surface area contributed by atoms with Crippen LogP contribution in [-0.2, 0) is 19.6 Å². The number of benzene rings is 2. The summed E-state index contributed by atoms with van der Waals surface area (Å²) in [5, 5.41) is 5.87. The second kappa shape index (κ2) is 9.86. The second-order valence-electron chi connectivity index (χ2n) is 7.56. The maximum Gasteiger partial charge on any atom is 0.250 e. The predicted octanol–water partition coefficient (Wildman–Crippen LogP) is 2.29. The Labute approximate surface area is 191 Å². The molecule has 11 heteroatoms. The molecule has 1 aliphatic rings. The standard InChI is InChI=1S/C21H25ClN4O5S/c1-13-11-26(12-14(2)31-13)32(29,30)17-6-4-16(5-7-17)25-20(27)10-24-19-8-3-15(22)9-18(19)21(23)28/h3-9,13-14,24H,10-12H2,1-2H3,(H2,23,28)(H,25,27). The summed E-state index contributed by atoms with van der Waals surface area (Å²) in [5.41, 5.74) is 6.32. The molecule has 0 radical (unpaired) electrons. The Bertz CT molecular complexity index is 1100. The van der Waals surface area contributed by atoms with E-state index in [9.17, 15) is 18.0 Å². The Hall–Kier alpha value is -2.66. The monoisotopic (exact) mass is 480 g/mol. The molecule has 2 atom stereocenters. The van der Waals surface area contributed by atoms with Crippen LogP contribution in [0.4, 0.5) is 11.4 Å². The first-order valence-corrected chi connectivity index (χ1v) is 11.8. The number of carbonyl (C=O) groups excluding carboxylic acids is 2. The zero-order chi connectivity index (χ0) is 23.5. The molecular weight excluding hydrogens is 456 g/mol. The third kappa shape index (κ3) is 5.77. The summed E-state index contributed by atoms with van der Waals surface area (Å²) in [6.07, 6.45) is -0.370. The average molecular weight is 481 g/mol. The lowest BCUT2D eigenvalue weighted by atomic mass is 10.1. The van der Waals surface area contributed by atoms with Crippen molar-refractivity contribution in [2.45, 2.75) is 31.0 Å². The molecule has 1 heterocycles. The lowest BCUT2D eigenvalue weighted by Crippen LogP contribution is -2.48. The van der Waals surface area contributed by atoms with E-state index in [0.29, 0.717) is 16.4 Å². The van der Waals surface area contributed by atoms with Gasteiger partial charge in [0.2, 0.25) is 15.9 Å². The molecule has 0 aromatic heterocycles. The molecule has 9 nitrogen and oxygen atoms in total. The minimum absolute atomic E-state index is 0.133. The first-order valence-electron chi connectivity index (χ1n) is 9.95. The van der Waals surface area contributed by atoms with Gasteiger partial charge in [0, 0.05) is 29.5 Å². The van der Waals surface area contributed by atoms with Gasteiger partial charge in [0.25, 0.3) is 5.91 Å². The van der Waals surface area contributed by atoms with Crippen LogP contribution in [0.25, 0.3) is 0 Å². The molecule has 2 aromatic rings. The molecule has 2 unspecified atom stereocenters. The fourth-order valence-electron chi connectivity index (χ4n) is 3.44. The number of sulfonamides is 1. The van der Waals surface area contributed by atoms with Gasteiger partial charge in [0.15, 0.2) is 0 Å². The van der Waals surface area contributed by atoms with Gasteiger partial charge in [-0.15, -0.1) is 0 Å². The number of ether oxygens (including phenoxy) is 1. The van der Waals surface area contributed by atoms with Crippen molar-refractivity contribution < 1.29 is 22.7 Å². The Morgan fingerprint density at radius 3 is 2.34 bits per heavy atom. The highest BCUT2D eigenvalue weighted by Crippen LogP contribution is 2.23. The molecule has 0 saturated carbocycles. The van der Waals surface area contributed by atoms with E-state index in [-0.39, 0.29) is 48.2 Å². The molecule has 4 N–H and O–H groups in total. The van der Waals surface area contributed by atoms with E-state index in [1.165, 1.54) is 34.6 Å². The van der Waals surface area contributed by atoms with Crippen LogP contribution in [0.3, 0.4) is 0 Å². The molecule has 1 fully saturated rings. The van der Waals surface area contributed by atoms with Crippen LogP contribution in [0.1, 0.15) is 24.2 Å². The van der Waals surface area contributed by atoms with E-state index in [2.05, 4.69) is 10.6 Å². The number of nitrogens with zero attached hydrogens (tertiary/aromatic N) is 1. The Morgan fingerprint density at radius 1 is 1.12 bits per heavy atom. The third-order valence-electron chi connectivity index (χ3n) is 4.85. The Balaban J connectivity index is 1.62. The maximum atomic E-state index is 12.9. The van der Waals surface area contributed by atoms with Gasteiger partial charge < -0.3 is 21.1 Å². The fraction of sp³-hybridized carbons (Fsp3) is 0.333. The SMILES string of the molecule is CC1CN(S(=O)(=O)c2ccc(NC(=O)CNc3ccc(Cl)cc3C(N)=O)cc2)CC(C)O1. The van der Waals surface area contributed by atoms with Crippen molar-refractivity contribution >= 4 is 44.8 Å². The molecule has 2 amide bonds. The van der Waals surface area contributed by atoms with E-state index in [4.69, 9.17) is 22.1 Å². The van der Waals surface area contributed by atoms with Crippen LogP contribution in [0.2, 0.25) is 5.02 Å². The molecule has 2 aromatic carbocycles. The minimum Gasteiger partial charge on any atom is -0.375 e. The minimum atomic E-state index is -3.66. The summed E-state index contributed by atoms with van der Waals surface area (Å²) in [5.74, 6) is -1.06. The average Bonchev–Trinajstić information content (AvgIpc) is 2.72. The van der Waals surface area contributed by atoms with E-state index in [1.54, 1.807) is 12.1 Å². The van der Waals surface area contributed by atoms with Crippen LogP contribution in [0, 0.1) is 0 Å². The number of nitrogens with one attached hydrogen (secondary N) is 2. The van der Waals surface area contributed by atoms with E-state index < -0.39 is 15.9 Å². The molecule has 0 bridgehead atoms. The summed E-state index contributed by atoms with van der Waals surface area (Å²) in [7, 11) is -3.66. The van der Waals surface area contributed by atoms with E-state index in [0.717, 1.165) is 0 Å². The van der Waals surface area contributed by atoms with Crippen molar-refractivity contribution in [1.29, 1.82) is 0 Å². The Morgan fingerprint density at radius 2 is 1.75 bits per heavy atom. The van der Waals surface area contributed by atoms with Gasteiger partial charge >= 0.3 is 0 Å². The van der Waals surface area contributed by atoms with Crippen molar-refractivity contribution in [2.24, 2.45) is 5.73 Å². The maximum absolute atomic E-state index is 12.9. The van der Waals surface area contributed by atoms with Crippen molar-refractivity contribution in [3.8, 4) is 0 Å². The summed E-state index contributed by atoms with van der Waals surface area (Å²) in [6, 6.07) is 10.5. The second-order valence-corrected chi connectivity index (χ2v) is 9.93. The van der Waals surface area contributed by atoms with E-state index >= 15 is 0 Å². The van der Waals surface area contributed by atoms with Gasteiger partial charge in [-0.3, -0.25) is 9.59 Å². The number of hydrogen-bond donors (Lipinski definition) is 3. The van der Waals surface area contributed by atoms with Gasteiger partial charge in [-0.1, -0.05) is 11.6 Å². The predicted molar refractivity (Wildman–Crippen MR) is 122 cm³/mol. The number of halogens is 1. The summed E-state index contributed by atoms with van der Waals surface area (Å²) in [6.45, 7) is 4.11. The highest BCUT2D eigenvalue weighted by Gasteiger charge is 2.32. The lowest BCUT2D eigenvalue weighted by Gasteiger charge is -2.34. The number of nitrogens with two attached hydrogens (primary N) is 1.